The molecule has 4 fully saturated rings. The maximum Gasteiger partial charge on any atom is 0.407 e. The number of phenols is 2. The highest BCUT2D eigenvalue weighted by Gasteiger charge is 2.64. The average molecular weight is 1700 g/mol. The lowest BCUT2D eigenvalue weighted by atomic mass is 9.71. The maximum atomic E-state index is 15.2. The maximum absolute atomic E-state index is 15.2. The van der Waals surface area contributed by atoms with E-state index < -0.39 is 71.7 Å². The van der Waals surface area contributed by atoms with Crippen molar-refractivity contribution in [3.05, 3.63) is 187 Å². The number of esters is 2. The number of alkyl carbamates (subject to hydrolysis) is 2. The van der Waals surface area contributed by atoms with Crippen molar-refractivity contribution in [3.8, 4) is 58.1 Å². The van der Waals surface area contributed by atoms with Crippen LogP contribution in [0, 0.1) is 64.2 Å². The number of nitrogens with one attached hydrogen (secondary N) is 3. The summed E-state index contributed by atoms with van der Waals surface area (Å²) in [6, 6.07) is 20.1. The molecular formula is C91H100N10O19S2. The number of likely N-dealkylation sites (N-methyl/N-ethyl adjacent to an activating group) is 2. The van der Waals surface area contributed by atoms with Crippen LogP contribution in [0.2, 0.25) is 0 Å². The lowest BCUT2D eigenvalue weighted by Gasteiger charge is -2.62. The molecular weight excluding hydrogens is 1600 g/mol. The summed E-state index contributed by atoms with van der Waals surface area (Å²) < 4.78 is 70.2. The molecule has 12 aliphatic rings. The number of amides is 2. The number of Topliss-reactive ketones (excluding diaryl/α,β-unsaturated/α-hetero) is 1. The van der Waals surface area contributed by atoms with Crippen LogP contribution < -0.4 is 50.1 Å². The number of fused-ring (bicyclic) bond motifs is 21. The number of phenolic OH excluding ortho intramolecular Hbond substituents is 2. The fraction of sp³-hybridized carbons (Fsp3) is 0.440. The van der Waals surface area contributed by atoms with E-state index in [2.05, 4.69) is 79.9 Å². The predicted octanol–water partition coefficient (Wildman–Crippen LogP) is 11.7. The number of piperazine rings is 2. The van der Waals surface area contributed by atoms with E-state index in [1.165, 1.54) is 23.9 Å². The minimum Gasteiger partial charge on any atom is -0.504 e. The number of thioether (sulfide) groups is 2. The highest BCUT2D eigenvalue weighted by molar-refractivity contribution is 8.00. The summed E-state index contributed by atoms with van der Waals surface area (Å²) in [5.74, 6) is 2.20. The Morgan fingerprint density at radius 2 is 1.18 bits per heavy atom. The Balaban J connectivity index is 0.000000153. The first-order chi connectivity index (χ1) is 58.4. The second-order valence-corrected chi connectivity index (χ2v) is 34.9. The second-order valence-electron chi connectivity index (χ2n) is 32.6. The van der Waals surface area contributed by atoms with E-state index in [4.69, 9.17) is 61.9 Å². The number of nitrogens with zero attached hydrogens (tertiary/aromatic N) is 6. The van der Waals surface area contributed by atoms with Crippen LogP contribution in [0.1, 0.15) is 137 Å². The third-order valence-electron chi connectivity index (χ3n) is 26.3. The zero-order chi connectivity index (χ0) is 85.0. The van der Waals surface area contributed by atoms with Crippen LogP contribution in [0.3, 0.4) is 0 Å². The molecule has 12 aliphatic heterocycles. The van der Waals surface area contributed by atoms with Gasteiger partial charge < -0.3 is 82.8 Å². The summed E-state index contributed by atoms with van der Waals surface area (Å²) in [4.78, 5) is 73.5. The number of nitrogens with two attached hydrogens (primary N) is 1. The first kappa shape index (κ1) is 84.5. The molecule has 2 aromatic heterocycles. The molecule has 2 amide bonds. The van der Waals surface area contributed by atoms with E-state index in [1.54, 1.807) is 32.2 Å². The van der Waals surface area contributed by atoms with Gasteiger partial charge in [-0.1, -0.05) is 81.3 Å². The van der Waals surface area contributed by atoms with E-state index in [0.29, 0.717) is 78.1 Å². The van der Waals surface area contributed by atoms with E-state index in [0.717, 1.165) is 105 Å². The minimum atomic E-state index is -1.49. The van der Waals surface area contributed by atoms with Crippen LogP contribution in [0.4, 0.5) is 9.59 Å². The molecule has 20 rings (SSSR count). The monoisotopic (exact) mass is 1700 g/mol. The van der Waals surface area contributed by atoms with Gasteiger partial charge in [0.2, 0.25) is 19.4 Å². The van der Waals surface area contributed by atoms with Crippen LogP contribution in [-0.2, 0) is 64.6 Å². The van der Waals surface area contributed by atoms with Crippen molar-refractivity contribution in [1.82, 2.24) is 35.6 Å². The standard InChI is InChI=1S/C45H47N5O9S.C30H31N3O7S.C15H18N2O3.CH4/c1-7-12-55-44(53)47-17-25-15-27-26-10-8-9-11-31(26)59-42(27)45(48-25)19-60-41-32-22(3)23(4)39-40(58-20-57-39)34(32)30(18-56-43(45)52)50-29(16-46)28-14-24-13-21(2)38(54-6)37(51)33(24)35(36(41)50)49(28)5;1-12-6-15-7-16-17(8-31)33-18-9-38-30(36)19(34)10-41-29(20-13(2)14(3)27-28(22(18)20)40-11-39-27)24(33)23(32(16)4)21(15)25(35)26(12)37-5;1-2-7-19-15(18)17-9-12(16)8-11-10-20-14-6-4-3-5-13(11)14;/h7-11,13,25,28-30,35-36,41,48,51H,1,12,14-15,17-20H2,2-6H3,(H,47,53);6,16-18,23-24,29,35H,7,9-11H2,1-5H3;2-6,10,12H,1,7-9,16H2,(H,17,18);1H4/t25-,28-,29-,30-,35+,36+,41+,45+;16-,17-,18-,23+,24+,29+;12-;/m000./s1. The Bertz CT molecular complexity index is 5680. The highest BCUT2D eigenvalue weighted by Crippen LogP contribution is 2.66. The molecule has 7 N–H and O–H groups in total. The van der Waals surface area contributed by atoms with E-state index in [9.17, 15) is 39.9 Å². The number of ketones is 1. The number of methoxy groups -OCH3 is 2. The number of carbonyl (C=O) groups excluding carboxylic acids is 5. The van der Waals surface area contributed by atoms with Crippen molar-refractivity contribution in [2.45, 2.75) is 163 Å². The van der Waals surface area contributed by atoms with Crippen molar-refractivity contribution in [3.63, 3.8) is 0 Å². The highest BCUT2D eigenvalue weighted by atomic mass is 32.2. The van der Waals surface area contributed by atoms with Gasteiger partial charge in [0.1, 0.15) is 55.4 Å². The molecule has 29 nitrogen and oxygen atoms in total. The number of nitriles is 2. The van der Waals surface area contributed by atoms with E-state index in [-0.39, 0.29) is 124 Å². The summed E-state index contributed by atoms with van der Waals surface area (Å²) in [5, 5.41) is 56.1. The van der Waals surface area contributed by atoms with Crippen LogP contribution in [-0.4, -0.2) is 201 Å². The van der Waals surface area contributed by atoms with Crippen LogP contribution in [0.25, 0.3) is 21.9 Å². The van der Waals surface area contributed by atoms with Gasteiger partial charge in [-0.05, 0) is 155 Å². The van der Waals surface area contributed by atoms with Gasteiger partial charge >= 0.3 is 24.1 Å². The molecule has 0 aliphatic carbocycles. The molecule has 0 radical (unpaired) electrons. The summed E-state index contributed by atoms with van der Waals surface area (Å²) in [5.41, 5.74) is 20.8. The first-order valence-electron chi connectivity index (χ1n) is 40.5. The largest absolute Gasteiger partial charge is 0.504 e. The third kappa shape index (κ3) is 13.7. The molecule has 6 aromatic carbocycles. The van der Waals surface area contributed by atoms with Crippen molar-refractivity contribution in [2.24, 2.45) is 5.73 Å². The number of benzene rings is 6. The first-order valence-corrected chi connectivity index (χ1v) is 42.6. The molecule has 122 heavy (non-hydrogen) atoms. The van der Waals surface area contributed by atoms with Gasteiger partial charge in [-0.3, -0.25) is 29.7 Å². The van der Waals surface area contributed by atoms with Crippen molar-refractivity contribution in [1.29, 1.82) is 10.5 Å². The molecule has 31 heteroatoms. The quantitative estimate of drug-likeness (QED) is 0.0286. The second kappa shape index (κ2) is 33.6. The number of cyclic esters (lactones) is 1. The number of rotatable bonds is 12. The Hall–Kier alpha value is -11.1. The van der Waals surface area contributed by atoms with Gasteiger partial charge in [0.25, 0.3) is 0 Å². The fourth-order valence-electron chi connectivity index (χ4n) is 20.9. The fourth-order valence-corrected chi connectivity index (χ4v) is 24.0. The number of para-hydroxylation sites is 2. The Morgan fingerprint density at radius 1 is 0.672 bits per heavy atom. The molecule has 8 aromatic rings. The number of hydrogen-bond acceptors (Lipinski definition) is 29. The number of aryl methyl sites for hydroxylation is 2. The van der Waals surface area contributed by atoms with Crippen molar-refractivity contribution >= 4 is 75.4 Å². The number of hydrogen-bond donors (Lipinski definition) is 6. The Labute approximate surface area is 714 Å². The zero-order valence-corrected chi connectivity index (χ0v) is 70.4. The summed E-state index contributed by atoms with van der Waals surface area (Å²) in [6.45, 7) is 19.8. The van der Waals surface area contributed by atoms with Crippen LogP contribution in [0.5, 0.6) is 46.0 Å². The minimum absolute atomic E-state index is 0. The number of furan rings is 2. The predicted molar refractivity (Wildman–Crippen MR) is 454 cm³/mol. The van der Waals surface area contributed by atoms with Gasteiger partial charge in [0.15, 0.2) is 51.5 Å². The smallest absolute Gasteiger partial charge is 0.407 e. The SMILES string of the molecule is C.C=CCOC(=O)NC[C@@H](N)Cc1coc2ccccc12.C=CCOC(=O)NC[C@@H]1Cc2c(oc3ccccc23)[C@@]2(CS[C@@H]3c4c(C)c(C)c5c(c4[C@H](COC2=O)N2[C@@H]3[C@H]3c4c(cc(C)c(OC)c4O)C[C@@H]([C@@H]2C#N)N3C)OCO5)N1.COc1c(C)cc2c(c1O)[C@@H]1[C@@H]3[C@@H]4SCC(=O)C(=O)OC[C@@H](c5c6c(c(C)c(C)c54)OCO6)N3[C@@H](C#N)[C@H](C2)N1C. The molecule has 0 saturated carbocycles. The van der Waals surface area contributed by atoms with E-state index in [1.807, 2.05) is 97.2 Å². The topological polar surface area (TPSA) is 367 Å². The molecule has 15 atom stereocenters. The Kier molecular flexibility index (Phi) is 23.3. The molecule has 14 heterocycles. The molecule has 0 unspecified atom stereocenters. The molecule has 8 bridgehead atoms. The van der Waals surface area contributed by atoms with Crippen LogP contribution in [0.15, 0.2) is 101 Å². The van der Waals surface area contributed by atoms with Gasteiger partial charge in [0, 0.05) is 104 Å². The van der Waals surface area contributed by atoms with Crippen molar-refractivity contribution in [2.75, 3.05) is 92.9 Å². The lowest BCUT2D eigenvalue weighted by Crippen LogP contribution is -2.69. The summed E-state index contributed by atoms with van der Waals surface area (Å²) in [6.07, 6.45) is 5.82. The molecule has 4 saturated heterocycles. The number of aromatic hydroxyl groups is 2. The molecule has 1 spiro atoms. The molecule has 640 valence electrons. The van der Waals surface area contributed by atoms with Gasteiger partial charge in [-0.15, -0.1) is 23.5 Å². The average Bonchev–Trinajstić information content (AvgIpc) is 0.895. The number of ether oxygens (including phenoxy) is 10. The van der Waals surface area contributed by atoms with Crippen LogP contribution >= 0.6 is 23.5 Å². The van der Waals surface area contributed by atoms with Gasteiger partial charge in [-0.25, -0.2) is 19.2 Å². The normalized spacial score (nSPS) is 26.3. The zero-order valence-electron chi connectivity index (χ0n) is 68.8. The van der Waals surface area contributed by atoms with Gasteiger partial charge in [-0.2, -0.15) is 10.5 Å². The third-order valence-corrected chi connectivity index (χ3v) is 29.0. The van der Waals surface area contributed by atoms with Gasteiger partial charge in [0.05, 0.1) is 62.5 Å². The summed E-state index contributed by atoms with van der Waals surface area (Å²) >= 11 is 2.98. The Morgan fingerprint density at radius 3 is 1.72 bits per heavy atom. The lowest BCUT2D eigenvalue weighted by molar-refractivity contribution is -0.158. The van der Waals surface area contributed by atoms with E-state index >= 15 is 4.79 Å². The number of carbonyl (C=O) groups is 5. The summed E-state index contributed by atoms with van der Waals surface area (Å²) in [7, 11) is 7.17. The van der Waals surface area contributed by atoms with Crippen molar-refractivity contribution < 1.29 is 90.4 Å².